The topological polar surface area (TPSA) is 138 Å². The number of nitriles is 1. The zero-order chi connectivity index (χ0) is 20.2. The molecule has 2 rings (SSSR count). The summed E-state index contributed by atoms with van der Waals surface area (Å²) in [7, 11) is -3.84. The molecule has 0 saturated heterocycles. The van der Waals surface area contributed by atoms with Crippen LogP contribution in [0.2, 0.25) is 0 Å². The second-order valence-corrected chi connectivity index (χ2v) is 7.54. The second kappa shape index (κ2) is 8.35. The van der Waals surface area contributed by atoms with Crippen molar-refractivity contribution in [2.24, 2.45) is 5.73 Å². The van der Waals surface area contributed by atoms with E-state index in [2.05, 4.69) is 0 Å². The van der Waals surface area contributed by atoms with Crippen molar-refractivity contribution >= 4 is 13.3 Å². The summed E-state index contributed by atoms with van der Waals surface area (Å²) in [5, 5.41) is 20.9. The molecular formula is C17H20N3O6P. The van der Waals surface area contributed by atoms with Crippen LogP contribution >= 0.6 is 7.60 Å². The van der Waals surface area contributed by atoms with Crippen LogP contribution in [-0.4, -0.2) is 18.1 Å². The first kappa shape index (κ1) is 20.6. The van der Waals surface area contributed by atoms with Gasteiger partial charge in [0.05, 0.1) is 29.4 Å². The number of rotatable bonds is 7. The molecule has 1 aromatic carbocycles. The number of non-ortho nitro benzene ring substituents is 1. The van der Waals surface area contributed by atoms with Crippen LogP contribution in [0.25, 0.3) is 0 Å². The molecule has 0 spiro atoms. The Hall–Kier alpha value is -2.66. The first-order valence-corrected chi connectivity index (χ1v) is 9.75. The fraction of sp³-hybridized carbons (Fsp3) is 0.353. The molecule has 1 atom stereocenters. The van der Waals surface area contributed by atoms with Gasteiger partial charge in [-0.3, -0.25) is 14.7 Å². The van der Waals surface area contributed by atoms with Crippen molar-refractivity contribution in [3.63, 3.8) is 0 Å². The van der Waals surface area contributed by atoms with E-state index in [-0.39, 0.29) is 41.4 Å². The number of nitrogens with zero attached hydrogens (tertiary/aromatic N) is 2. The molecule has 144 valence electrons. The van der Waals surface area contributed by atoms with Crippen LogP contribution in [-0.2, 0) is 18.3 Å². The van der Waals surface area contributed by atoms with E-state index < -0.39 is 18.4 Å². The van der Waals surface area contributed by atoms with Gasteiger partial charge in [0, 0.05) is 12.1 Å². The van der Waals surface area contributed by atoms with Crippen LogP contribution in [0.1, 0.15) is 32.3 Å². The summed E-state index contributed by atoms with van der Waals surface area (Å²) in [6, 6.07) is 7.64. The highest BCUT2D eigenvalue weighted by Gasteiger charge is 2.44. The molecule has 10 heteroatoms. The van der Waals surface area contributed by atoms with Crippen LogP contribution in [0.3, 0.4) is 0 Å². The van der Waals surface area contributed by atoms with Crippen molar-refractivity contribution in [2.75, 3.05) is 13.2 Å². The first-order valence-electron chi connectivity index (χ1n) is 8.21. The number of ether oxygens (including phenoxy) is 1. The fourth-order valence-corrected chi connectivity index (χ4v) is 4.94. The molecule has 9 nitrogen and oxygen atoms in total. The third kappa shape index (κ3) is 4.03. The maximum atomic E-state index is 13.5. The summed E-state index contributed by atoms with van der Waals surface area (Å²) < 4.78 is 29.7. The van der Waals surface area contributed by atoms with Gasteiger partial charge < -0.3 is 19.5 Å². The molecule has 1 aliphatic heterocycles. The summed E-state index contributed by atoms with van der Waals surface area (Å²) in [6.45, 7) is 5.03. The summed E-state index contributed by atoms with van der Waals surface area (Å²) in [5.74, 6) is -0.935. The number of nitro groups is 1. The normalized spacial score (nSPS) is 17.5. The van der Waals surface area contributed by atoms with Gasteiger partial charge in [-0.05, 0) is 26.3 Å². The number of benzene rings is 1. The average Bonchev–Trinajstić information content (AvgIpc) is 2.61. The van der Waals surface area contributed by atoms with Crippen molar-refractivity contribution in [1.29, 1.82) is 5.26 Å². The Balaban J connectivity index is 2.75. The molecule has 2 N–H and O–H groups in total. The predicted molar refractivity (Wildman–Crippen MR) is 97.3 cm³/mol. The van der Waals surface area contributed by atoms with Gasteiger partial charge in [0.1, 0.15) is 17.4 Å². The Kier molecular flexibility index (Phi) is 6.39. The Morgan fingerprint density at radius 1 is 1.37 bits per heavy atom. The van der Waals surface area contributed by atoms with Gasteiger partial charge in [-0.2, -0.15) is 5.26 Å². The molecule has 0 saturated carbocycles. The highest BCUT2D eigenvalue weighted by molar-refractivity contribution is 7.58. The summed E-state index contributed by atoms with van der Waals surface area (Å²) in [6.07, 6.45) is 0. The molecule has 0 radical (unpaired) electrons. The Morgan fingerprint density at radius 2 is 2.00 bits per heavy atom. The maximum absolute atomic E-state index is 13.5. The van der Waals surface area contributed by atoms with Gasteiger partial charge in [0.25, 0.3) is 5.69 Å². The minimum atomic E-state index is -3.84. The third-order valence-electron chi connectivity index (χ3n) is 3.88. The van der Waals surface area contributed by atoms with Crippen LogP contribution in [0, 0.1) is 21.4 Å². The predicted octanol–water partition coefficient (Wildman–Crippen LogP) is 3.90. The van der Waals surface area contributed by atoms with Crippen molar-refractivity contribution in [2.45, 2.75) is 26.7 Å². The first-order chi connectivity index (χ1) is 12.8. The van der Waals surface area contributed by atoms with E-state index in [9.17, 15) is 19.9 Å². The van der Waals surface area contributed by atoms with Crippen LogP contribution < -0.4 is 5.73 Å². The van der Waals surface area contributed by atoms with E-state index >= 15 is 0 Å². The molecule has 0 amide bonds. The highest BCUT2D eigenvalue weighted by Crippen LogP contribution is 2.64. The van der Waals surface area contributed by atoms with E-state index in [0.29, 0.717) is 5.56 Å². The van der Waals surface area contributed by atoms with E-state index in [4.69, 9.17) is 19.5 Å². The number of nitrogens with two attached hydrogens (primary N) is 1. The summed E-state index contributed by atoms with van der Waals surface area (Å²) >= 11 is 0. The molecule has 0 aromatic heterocycles. The lowest BCUT2D eigenvalue weighted by Crippen LogP contribution is -2.21. The summed E-state index contributed by atoms with van der Waals surface area (Å²) in [4.78, 5) is 10.6. The second-order valence-electron chi connectivity index (χ2n) is 5.55. The molecule has 1 aliphatic rings. The van der Waals surface area contributed by atoms with Crippen LogP contribution in [0.5, 0.6) is 0 Å². The highest BCUT2D eigenvalue weighted by atomic mass is 31.2. The van der Waals surface area contributed by atoms with Gasteiger partial charge in [-0.1, -0.05) is 12.1 Å². The maximum Gasteiger partial charge on any atom is 0.361 e. The third-order valence-corrected chi connectivity index (χ3v) is 6.24. The van der Waals surface area contributed by atoms with Crippen molar-refractivity contribution in [3.8, 4) is 6.07 Å². The van der Waals surface area contributed by atoms with E-state index in [0.717, 1.165) is 0 Å². The zero-order valence-corrected chi connectivity index (χ0v) is 16.1. The smallest absolute Gasteiger partial charge is 0.361 e. The Bertz CT molecular complexity index is 892. The van der Waals surface area contributed by atoms with Crippen LogP contribution in [0.4, 0.5) is 5.69 Å². The van der Waals surface area contributed by atoms with Gasteiger partial charge >= 0.3 is 7.60 Å². The average molecular weight is 393 g/mol. The van der Waals surface area contributed by atoms with Gasteiger partial charge in [0.2, 0.25) is 5.88 Å². The quantitative estimate of drug-likeness (QED) is 0.418. The molecule has 1 heterocycles. The molecule has 0 fully saturated rings. The van der Waals surface area contributed by atoms with Gasteiger partial charge in [0.15, 0.2) is 0 Å². The van der Waals surface area contributed by atoms with E-state index in [1.54, 1.807) is 19.9 Å². The fourth-order valence-electron chi connectivity index (χ4n) is 2.88. The molecular weight excluding hydrogens is 373 g/mol. The molecule has 1 unspecified atom stereocenters. The molecule has 0 bridgehead atoms. The number of hydrogen-bond donors (Lipinski definition) is 1. The van der Waals surface area contributed by atoms with Gasteiger partial charge in [-0.15, -0.1) is 0 Å². The van der Waals surface area contributed by atoms with Crippen molar-refractivity contribution in [1.82, 2.24) is 0 Å². The largest absolute Gasteiger partial charge is 0.445 e. The van der Waals surface area contributed by atoms with E-state index in [1.807, 2.05) is 6.07 Å². The zero-order valence-electron chi connectivity index (χ0n) is 15.2. The molecule has 0 aliphatic carbocycles. The monoisotopic (exact) mass is 393 g/mol. The number of nitro benzene ring substituents is 1. The lowest BCUT2D eigenvalue weighted by atomic mass is 9.89. The van der Waals surface area contributed by atoms with Crippen LogP contribution in [0.15, 0.2) is 46.8 Å². The van der Waals surface area contributed by atoms with E-state index in [1.165, 1.54) is 25.1 Å². The van der Waals surface area contributed by atoms with Crippen molar-refractivity contribution < 1.29 is 23.3 Å². The Morgan fingerprint density at radius 3 is 2.52 bits per heavy atom. The van der Waals surface area contributed by atoms with Gasteiger partial charge in [-0.25, -0.2) is 0 Å². The SMILES string of the molecule is CCOP(=O)(OCC)C1=C(C)OC(N)=C(C#N)C1c1cccc([N+](=O)[O-])c1. The lowest BCUT2D eigenvalue weighted by molar-refractivity contribution is -0.384. The lowest BCUT2D eigenvalue weighted by Gasteiger charge is -2.31. The molecule has 27 heavy (non-hydrogen) atoms. The van der Waals surface area contributed by atoms with Crippen molar-refractivity contribution in [3.05, 3.63) is 62.5 Å². The molecule has 1 aromatic rings. The number of hydrogen-bond acceptors (Lipinski definition) is 8. The summed E-state index contributed by atoms with van der Waals surface area (Å²) in [5.41, 5.74) is 6.03. The standard InChI is InChI=1S/C17H20N3O6P/c1-4-24-27(23,25-5-2)16-11(3)26-17(19)14(10-18)15(16)12-7-6-8-13(9-12)20(21)22/h6-9,15H,4-5,19H2,1-3H3. The minimum Gasteiger partial charge on any atom is -0.445 e. The minimum absolute atomic E-state index is 0.0178. The Labute approximate surface area is 156 Å². The number of allylic oxidation sites excluding steroid dienone is 3.